The number of rotatable bonds is 7. The van der Waals surface area contributed by atoms with E-state index >= 15 is 0 Å². The number of aromatic nitrogens is 1. The van der Waals surface area contributed by atoms with Gasteiger partial charge in [0.25, 0.3) is 0 Å². The molecule has 0 unspecified atom stereocenters. The zero-order chi connectivity index (χ0) is 12.7. The molecule has 1 N–H and O–H groups in total. The maximum atomic E-state index is 11.9. The Labute approximate surface area is 102 Å². The van der Waals surface area contributed by atoms with Gasteiger partial charge >= 0.3 is 0 Å². The minimum atomic E-state index is 0.0352. The minimum absolute atomic E-state index is 0.0352. The Hall–Kier alpha value is -1.42. The Bertz CT molecular complexity index is 364. The van der Waals surface area contributed by atoms with Gasteiger partial charge in [0.1, 0.15) is 11.4 Å². The van der Waals surface area contributed by atoms with Crippen molar-refractivity contribution in [2.45, 2.75) is 32.7 Å². The second-order valence-electron chi connectivity index (χ2n) is 4.19. The second-order valence-corrected chi connectivity index (χ2v) is 4.19. The van der Waals surface area contributed by atoms with E-state index < -0.39 is 0 Å². The van der Waals surface area contributed by atoms with Gasteiger partial charge in [0.05, 0.1) is 7.11 Å². The Morgan fingerprint density at radius 1 is 1.53 bits per heavy atom. The SMILES string of the molecule is COc1cccnc1C(=O)CCCNC(C)C. The van der Waals surface area contributed by atoms with Crippen LogP contribution in [0.1, 0.15) is 37.2 Å². The van der Waals surface area contributed by atoms with Crippen molar-refractivity contribution in [2.75, 3.05) is 13.7 Å². The molecule has 0 saturated heterocycles. The van der Waals surface area contributed by atoms with E-state index in [1.807, 2.05) is 0 Å². The molecule has 0 atom stereocenters. The van der Waals surface area contributed by atoms with Crippen LogP contribution >= 0.6 is 0 Å². The fourth-order valence-corrected chi connectivity index (χ4v) is 1.52. The largest absolute Gasteiger partial charge is 0.494 e. The molecule has 0 aliphatic carbocycles. The van der Waals surface area contributed by atoms with Crippen molar-refractivity contribution >= 4 is 5.78 Å². The molecule has 0 bridgehead atoms. The summed E-state index contributed by atoms with van der Waals surface area (Å²) in [7, 11) is 1.55. The summed E-state index contributed by atoms with van der Waals surface area (Å²) >= 11 is 0. The molecule has 0 radical (unpaired) electrons. The molecule has 4 heteroatoms. The van der Waals surface area contributed by atoms with E-state index in [4.69, 9.17) is 4.74 Å². The number of ketones is 1. The topological polar surface area (TPSA) is 51.2 Å². The Morgan fingerprint density at radius 3 is 2.94 bits per heavy atom. The fourth-order valence-electron chi connectivity index (χ4n) is 1.52. The van der Waals surface area contributed by atoms with Gasteiger partial charge in [-0.1, -0.05) is 13.8 Å². The summed E-state index contributed by atoms with van der Waals surface area (Å²) in [4.78, 5) is 16.0. The van der Waals surface area contributed by atoms with Crippen molar-refractivity contribution in [3.8, 4) is 5.75 Å². The molecule has 4 nitrogen and oxygen atoms in total. The summed E-state index contributed by atoms with van der Waals surface area (Å²) in [5.74, 6) is 0.585. The van der Waals surface area contributed by atoms with Gasteiger partial charge in [0.2, 0.25) is 0 Å². The van der Waals surface area contributed by atoms with Gasteiger partial charge in [0, 0.05) is 18.7 Å². The predicted molar refractivity (Wildman–Crippen MR) is 67.5 cm³/mol. The number of ether oxygens (including phenoxy) is 1. The van der Waals surface area contributed by atoms with Crippen molar-refractivity contribution in [2.24, 2.45) is 0 Å². The third-order valence-electron chi connectivity index (χ3n) is 2.39. The minimum Gasteiger partial charge on any atom is -0.494 e. The zero-order valence-electron chi connectivity index (χ0n) is 10.7. The molecule has 94 valence electrons. The van der Waals surface area contributed by atoms with E-state index in [0.29, 0.717) is 23.9 Å². The monoisotopic (exact) mass is 236 g/mol. The lowest BCUT2D eigenvalue weighted by Crippen LogP contribution is -2.24. The lowest BCUT2D eigenvalue weighted by Gasteiger charge is -2.08. The van der Waals surface area contributed by atoms with Crippen molar-refractivity contribution < 1.29 is 9.53 Å². The molecule has 1 aromatic rings. The summed E-state index contributed by atoms with van der Waals surface area (Å²) in [6.45, 7) is 5.02. The Kier molecular flexibility index (Phi) is 5.63. The van der Waals surface area contributed by atoms with Gasteiger partial charge in [-0.25, -0.2) is 4.98 Å². The van der Waals surface area contributed by atoms with Gasteiger partial charge in [-0.2, -0.15) is 0 Å². The van der Waals surface area contributed by atoms with Crippen LogP contribution in [0.5, 0.6) is 5.75 Å². The molecular weight excluding hydrogens is 216 g/mol. The van der Waals surface area contributed by atoms with Gasteiger partial charge in [-0.15, -0.1) is 0 Å². The maximum Gasteiger partial charge on any atom is 0.185 e. The Morgan fingerprint density at radius 2 is 2.29 bits per heavy atom. The highest BCUT2D eigenvalue weighted by Gasteiger charge is 2.12. The van der Waals surface area contributed by atoms with Crippen LogP contribution < -0.4 is 10.1 Å². The molecule has 0 saturated carbocycles. The van der Waals surface area contributed by atoms with Crippen molar-refractivity contribution in [1.82, 2.24) is 10.3 Å². The third kappa shape index (κ3) is 4.53. The molecule has 0 amide bonds. The van der Waals surface area contributed by atoms with Gasteiger partial charge in [-0.05, 0) is 25.1 Å². The van der Waals surface area contributed by atoms with E-state index in [2.05, 4.69) is 24.1 Å². The smallest absolute Gasteiger partial charge is 0.185 e. The van der Waals surface area contributed by atoms with Crippen LogP contribution in [0.25, 0.3) is 0 Å². The summed E-state index contributed by atoms with van der Waals surface area (Å²) in [5.41, 5.74) is 0.430. The quantitative estimate of drug-likeness (QED) is 0.581. The van der Waals surface area contributed by atoms with Crippen LogP contribution in [0.15, 0.2) is 18.3 Å². The van der Waals surface area contributed by atoms with E-state index in [0.717, 1.165) is 13.0 Å². The molecule has 1 aromatic heterocycles. The fraction of sp³-hybridized carbons (Fsp3) is 0.538. The highest BCUT2D eigenvalue weighted by atomic mass is 16.5. The number of carbonyl (C=O) groups excluding carboxylic acids is 1. The average Bonchev–Trinajstić information content (AvgIpc) is 2.34. The Balaban J connectivity index is 2.47. The lowest BCUT2D eigenvalue weighted by atomic mass is 10.1. The number of hydrogen-bond acceptors (Lipinski definition) is 4. The van der Waals surface area contributed by atoms with E-state index in [1.165, 1.54) is 0 Å². The van der Waals surface area contributed by atoms with Crippen molar-refractivity contribution in [3.05, 3.63) is 24.0 Å². The zero-order valence-corrected chi connectivity index (χ0v) is 10.7. The number of hydrogen-bond donors (Lipinski definition) is 1. The van der Waals surface area contributed by atoms with Crippen LogP contribution in [0, 0.1) is 0 Å². The molecule has 0 aromatic carbocycles. The lowest BCUT2D eigenvalue weighted by molar-refractivity contribution is 0.0971. The molecular formula is C13H20N2O2. The van der Waals surface area contributed by atoms with E-state index in [-0.39, 0.29) is 5.78 Å². The van der Waals surface area contributed by atoms with E-state index in [1.54, 1.807) is 25.4 Å². The molecule has 1 rings (SSSR count). The number of Topliss-reactive ketones (excluding diaryl/α,β-unsaturated/α-hetero) is 1. The van der Waals surface area contributed by atoms with Crippen molar-refractivity contribution in [1.29, 1.82) is 0 Å². The van der Waals surface area contributed by atoms with Crippen LogP contribution in [-0.4, -0.2) is 30.5 Å². The molecule has 0 aliphatic rings. The highest BCUT2D eigenvalue weighted by Crippen LogP contribution is 2.16. The summed E-state index contributed by atoms with van der Waals surface area (Å²) in [6, 6.07) is 3.97. The number of carbonyl (C=O) groups is 1. The number of methoxy groups -OCH3 is 1. The summed E-state index contributed by atoms with van der Waals surface area (Å²) < 4.78 is 5.11. The normalized spacial score (nSPS) is 10.6. The summed E-state index contributed by atoms with van der Waals surface area (Å²) in [6.07, 6.45) is 2.92. The molecule has 1 heterocycles. The average molecular weight is 236 g/mol. The van der Waals surface area contributed by atoms with Crippen molar-refractivity contribution in [3.63, 3.8) is 0 Å². The summed E-state index contributed by atoms with van der Waals surface area (Å²) in [5, 5.41) is 3.28. The van der Waals surface area contributed by atoms with Crippen LogP contribution in [0.4, 0.5) is 0 Å². The van der Waals surface area contributed by atoms with Gasteiger partial charge in [-0.3, -0.25) is 4.79 Å². The van der Waals surface area contributed by atoms with Crippen LogP contribution in [0.3, 0.4) is 0 Å². The van der Waals surface area contributed by atoms with Crippen LogP contribution in [-0.2, 0) is 0 Å². The number of nitrogens with one attached hydrogen (secondary N) is 1. The standard InChI is InChI=1S/C13H20N2O2/c1-10(2)14-8-4-6-11(16)13-12(17-3)7-5-9-15-13/h5,7,9-10,14H,4,6,8H2,1-3H3. The van der Waals surface area contributed by atoms with Gasteiger partial charge < -0.3 is 10.1 Å². The first-order valence-electron chi connectivity index (χ1n) is 5.90. The predicted octanol–water partition coefficient (Wildman–Crippen LogP) is 2.05. The number of pyridine rings is 1. The molecule has 17 heavy (non-hydrogen) atoms. The third-order valence-corrected chi connectivity index (χ3v) is 2.39. The van der Waals surface area contributed by atoms with E-state index in [9.17, 15) is 4.79 Å². The van der Waals surface area contributed by atoms with Gasteiger partial charge in [0.15, 0.2) is 5.78 Å². The molecule has 0 spiro atoms. The molecule has 0 fully saturated rings. The first-order valence-corrected chi connectivity index (χ1v) is 5.90. The maximum absolute atomic E-state index is 11.9. The first kappa shape index (κ1) is 13.6. The first-order chi connectivity index (χ1) is 8.15. The number of nitrogens with zero attached hydrogens (tertiary/aromatic N) is 1. The second kappa shape index (κ2) is 7.01. The van der Waals surface area contributed by atoms with Crippen LogP contribution in [0.2, 0.25) is 0 Å². The molecule has 0 aliphatic heterocycles. The highest BCUT2D eigenvalue weighted by molar-refractivity contribution is 5.96.